The van der Waals surface area contributed by atoms with Crippen LogP contribution in [0.4, 0.5) is 0 Å². The van der Waals surface area contributed by atoms with E-state index in [2.05, 4.69) is 12.1 Å². The van der Waals surface area contributed by atoms with Crippen molar-refractivity contribution < 1.29 is 14.7 Å². The Hall–Kier alpha value is -1.84. The van der Waals surface area contributed by atoms with Crippen LogP contribution in [-0.2, 0) is 9.59 Å². The molecule has 1 N–H and O–H groups in total. The fraction of sp³-hybridized carbons (Fsp3) is 0.529. The Morgan fingerprint density at radius 3 is 2.71 bits per heavy atom. The molecule has 0 spiro atoms. The highest BCUT2D eigenvalue weighted by Crippen LogP contribution is 2.49. The zero-order chi connectivity index (χ0) is 14.8. The molecule has 4 nitrogen and oxygen atoms in total. The van der Waals surface area contributed by atoms with Gasteiger partial charge < -0.3 is 10.0 Å². The van der Waals surface area contributed by atoms with Crippen LogP contribution in [0.3, 0.4) is 0 Å². The average Bonchev–Trinajstić information content (AvgIpc) is 3.27. The number of nitrogens with zero attached hydrogens (tertiary/aromatic N) is 1. The zero-order valence-electron chi connectivity index (χ0n) is 12.1. The van der Waals surface area contributed by atoms with Gasteiger partial charge in [0.2, 0.25) is 5.91 Å². The zero-order valence-corrected chi connectivity index (χ0v) is 12.1. The van der Waals surface area contributed by atoms with Crippen molar-refractivity contribution in [1.29, 1.82) is 0 Å². The van der Waals surface area contributed by atoms with E-state index in [0.717, 1.165) is 12.8 Å². The highest BCUT2D eigenvalue weighted by Gasteiger charge is 2.40. The molecule has 21 heavy (non-hydrogen) atoms. The van der Waals surface area contributed by atoms with E-state index in [4.69, 9.17) is 5.11 Å². The number of carbonyl (C=O) groups excluding carboxylic acids is 1. The molecule has 0 radical (unpaired) electrons. The van der Waals surface area contributed by atoms with E-state index in [1.54, 1.807) is 4.90 Å². The molecule has 0 unspecified atom stereocenters. The third-order valence-corrected chi connectivity index (χ3v) is 4.71. The summed E-state index contributed by atoms with van der Waals surface area (Å²) in [5, 5.41) is 9.08. The van der Waals surface area contributed by atoms with Crippen LogP contribution in [0.5, 0.6) is 0 Å². The molecule has 1 aromatic rings. The van der Waals surface area contributed by atoms with Crippen molar-refractivity contribution in [3.8, 4) is 0 Å². The van der Waals surface area contributed by atoms with Crippen molar-refractivity contribution >= 4 is 11.9 Å². The van der Waals surface area contributed by atoms with Crippen molar-refractivity contribution in [3.63, 3.8) is 0 Å². The van der Waals surface area contributed by atoms with E-state index in [0.29, 0.717) is 37.8 Å². The molecule has 1 aromatic carbocycles. The number of carbonyl (C=O) groups is 2. The van der Waals surface area contributed by atoms with Crippen LogP contribution in [0, 0.1) is 11.8 Å². The Balaban J connectivity index is 1.52. The molecule has 1 heterocycles. The number of aliphatic carboxylic acids is 1. The van der Waals surface area contributed by atoms with Gasteiger partial charge in [0.25, 0.3) is 0 Å². The first-order valence-corrected chi connectivity index (χ1v) is 7.70. The van der Waals surface area contributed by atoms with Crippen molar-refractivity contribution in [2.45, 2.75) is 31.6 Å². The number of hydrogen-bond acceptors (Lipinski definition) is 2. The number of carboxylic acids is 1. The molecule has 3 atom stereocenters. The van der Waals surface area contributed by atoms with Crippen LogP contribution in [0.25, 0.3) is 0 Å². The minimum atomic E-state index is -0.777. The first-order valence-electron chi connectivity index (χ1n) is 7.70. The molecule has 3 rings (SSSR count). The second-order valence-corrected chi connectivity index (χ2v) is 6.23. The number of amides is 1. The molecule has 1 aliphatic carbocycles. The molecular weight excluding hydrogens is 266 g/mol. The van der Waals surface area contributed by atoms with Gasteiger partial charge in [-0.25, -0.2) is 0 Å². The first-order chi connectivity index (χ1) is 10.1. The molecule has 1 saturated carbocycles. The molecule has 112 valence electrons. The molecule has 1 aliphatic heterocycles. The van der Waals surface area contributed by atoms with Gasteiger partial charge in [0.1, 0.15) is 0 Å². The molecule has 2 aliphatic rings. The van der Waals surface area contributed by atoms with Crippen LogP contribution in [0.2, 0.25) is 0 Å². The highest BCUT2D eigenvalue weighted by atomic mass is 16.4. The van der Waals surface area contributed by atoms with E-state index >= 15 is 0 Å². The topological polar surface area (TPSA) is 57.6 Å². The van der Waals surface area contributed by atoms with Crippen LogP contribution >= 0.6 is 0 Å². The Kier molecular flexibility index (Phi) is 3.95. The number of hydrogen-bond donors (Lipinski definition) is 1. The molecule has 1 saturated heterocycles. The summed E-state index contributed by atoms with van der Waals surface area (Å²) in [7, 11) is 0. The SMILES string of the molecule is O=C(O)[C@H]1CCCN(C(=O)C[C@@H]2C[C@H]2c2ccccc2)C1. The summed E-state index contributed by atoms with van der Waals surface area (Å²) < 4.78 is 0. The maximum atomic E-state index is 12.3. The van der Waals surface area contributed by atoms with Crippen LogP contribution < -0.4 is 0 Å². The van der Waals surface area contributed by atoms with Gasteiger partial charge in [-0.3, -0.25) is 9.59 Å². The molecule has 0 aromatic heterocycles. The summed E-state index contributed by atoms with van der Waals surface area (Å²) in [4.78, 5) is 25.1. The lowest BCUT2D eigenvalue weighted by Gasteiger charge is -2.30. The third-order valence-electron chi connectivity index (χ3n) is 4.71. The van der Waals surface area contributed by atoms with Crippen molar-refractivity contribution in [2.75, 3.05) is 13.1 Å². The van der Waals surface area contributed by atoms with E-state index < -0.39 is 5.97 Å². The van der Waals surface area contributed by atoms with Gasteiger partial charge in [0, 0.05) is 19.5 Å². The van der Waals surface area contributed by atoms with Gasteiger partial charge in [-0.1, -0.05) is 30.3 Å². The predicted octanol–water partition coefficient (Wildman–Crippen LogP) is 2.50. The third kappa shape index (κ3) is 3.26. The van der Waals surface area contributed by atoms with Gasteiger partial charge >= 0.3 is 5.97 Å². The van der Waals surface area contributed by atoms with Crippen molar-refractivity contribution in [1.82, 2.24) is 4.90 Å². The van der Waals surface area contributed by atoms with Gasteiger partial charge in [-0.2, -0.15) is 0 Å². The van der Waals surface area contributed by atoms with E-state index in [-0.39, 0.29) is 11.8 Å². The summed E-state index contributed by atoms with van der Waals surface area (Å²) in [6.45, 7) is 1.10. The molecule has 4 heteroatoms. The highest BCUT2D eigenvalue weighted by molar-refractivity contribution is 5.78. The molecule has 1 amide bonds. The quantitative estimate of drug-likeness (QED) is 0.925. The molecule has 2 fully saturated rings. The fourth-order valence-electron chi connectivity index (χ4n) is 3.34. The molecular formula is C17H21NO3. The van der Waals surface area contributed by atoms with Crippen molar-refractivity contribution in [2.24, 2.45) is 11.8 Å². The lowest BCUT2D eigenvalue weighted by molar-refractivity contribution is -0.145. The van der Waals surface area contributed by atoms with E-state index in [1.165, 1.54) is 5.56 Å². The number of likely N-dealkylation sites (tertiary alicyclic amines) is 1. The lowest BCUT2D eigenvalue weighted by Crippen LogP contribution is -2.42. The number of piperidine rings is 1. The number of rotatable bonds is 4. The summed E-state index contributed by atoms with van der Waals surface area (Å²) in [5.74, 6) is -0.0856. The maximum absolute atomic E-state index is 12.3. The first kappa shape index (κ1) is 14.1. The second kappa shape index (κ2) is 5.88. The monoisotopic (exact) mass is 287 g/mol. The van der Waals surface area contributed by atoms with Crippen LogP contribution in [-0.4, -0.2) is 35.0 Å². The fourth-order valence-corrected chi connectivity index (χ4v) is 3.34. The van der Waals surface area contributed by atoms with Gasteiger partial charge in [0.15, 0.2) is 0 Å². The largest absolute Gasteiger partial charge is 0.481 e. The Morgan fingerprint density at radius 1 is 1.24 bits per heavy atom. The summed E-state index contributed by atoms with van der Waals surface area (Å²) in [5.41, 5.74) is 1.32. The number of carboxylic acid groups (broad SMARTS) is 1. The Bertz CT molecular complexity index is 528. The predicted molar refractivity (Wildman–Crippen MR) is 78.8 cm³/mol. The summed E-state index contributed by atoms with van der Waals surface area (Å²) in [6.07, 6.45) is 3.13. The molecule has 0 bridgehead atoms. The lowest BCUT2D eigenvalue weighted by atomic mass is 9.97. The van der Waals surface area contributed by atoms with Crippen LogP contribution in [0.1, 0.15) is 37.2 Å². The average molecular weight is 287 g/mol. The second-order valence-electron chi connectivity index (χ2n) is 6.23. The normalized spacial score (nSPS) is 28.2. The van der Waals surface area contributed by atoms with Gasteiger partial charge in [0.05, 0.1) is 5.92 Å². The Labute approximate surface area is 124 Å². The maximum Gasteiger partial charge on any atom is 0.308 e. The van der Waals surface area contributed by atoms with Crippen molar-refractivity contribution in [3.05, 3.63) is 35.9 Å². The minimum absolute atomic E-state index is 0.129. The van der Waals surface area contributed by atoms with E-state index in [9.17, 15) is 9.59 Å². The summed E-state index contributed by atoms with van der Waals surface area (Å²) in [6, 6.07) is 10.3. The Morgan fingerprint density at radius 2 is 2.00 bits per heavy atom. The van der Waals surface area contributed by atoms with Gasteiger partial charge in [-0.05, 0) is 36.7 Å². The standard InChI is InChI=1S/C17H21NO3/c19-16(18-8-4-7-13(11-18)17(20)21)10-14-9-15(14)12-5-2-1-3-6-12/h1-3,5-6,13-15H,4,7-11H2,(H,20,21)/t13-,14-,15-/m0/s1. The van der Waals surface area contributed by atoms with Crippen LogP contribution in [0.15, 0.2) is 30.3 Å². The summed E-state index contributed by atoms with van der Waals surface area (Å²) >= 11 is 0. The minimum Gasteiger partial charge on any atom is -0.481 e. The number of benzene rings is 1. The smallest absolute Gasteiger partial charge is 0.308 e. The van der Waals surface area contributed by atoms with E-state index in [1.807, 2.05) is 18.2 Å². The van der Waals surface area contributed by atoms with Gasteiger partial charge in [-0.15, -0.1) is 0 Å².